The molecule has 0 bridgehead atoms. The van der Waals surface area contributed by atoms with Crippen molar-refractivity contribution < 1.29 is 14.3 Å². The van der Waals surface area contributed by atoms with Gasteiger partial charge in [-0.25, -0.2) is 4.98 Å². The van der Waals surface area contributed by atoms with E-state index in [9.17, 15) is 9.59 Å². The third-order valence-corrected chi connectivity index (χ3v) is 3.80. The average Bonchev–Trinajstić information content (AvgIpc) is 3.02. The van der Waals surface area contributed by atoms with E-state index in [1.54, 1.807) is 0 Å². The first-order valence-corrected chi connectivity index (χ1v) is 6.35. The van der Waals surface area contributed by atoms with E-state index in [1.807, 2.05) is 0 Å². The normalized spacial score (nSPS) is 32.3. The van der Waals surface area contributed by atoms with E-state index >= 15 is 0 Å². The molecule has 2 amide bonds. The Balaban J connectivity index is 1.68. The average molecular weight is 264 g/mol. The van der Waals surface area contributed by atoms with E-state index in [-0.39, 0.29) is 35.9 Å². The van der Waals surface area contributed by atoms with Gasteiger partial charge in [-0.2, -0.15) is 0 Å². The van der Waals surface area contributed by atoms with Crippen LogP contribution in [0.3, 0.4) is 0 Å². The summed E-state index contributed by atoms with van der Waals surface area (Å²) < 4.78 is 5.58. The number of carbonyl (C=O) groups excluding carboxylic acids is 2. The Kier molecular flexibility index (Phi) is 2.98. The standard InChI is InChI=1S/C12H16N4O3/c1-6(17)15-10-9(7-2-3-19-11(7)10)16-12(18)8-4-13-5-14-8/h4-5,7,9-11H,2-3H2,1H3,(H,13,14)(H,15,17)(H,16,18)/t7-,9+,10-,11-/m1/s1. The Labute approximate surface area is 110 Å². The Morgan fingerprint density at radius 2 is 2.26 bits per heavy atom. The van der Waals surface area contributed by atoms with E-state index in [0.717, 1.165) is 6.42 Å². The number of rotatable bonds is 3. The van der Waals surface area contributed by atoms with Gasteiger partial charge in [0.2, 0.25) is 5.91 Å². The van der Waals surface area contributed by atoms with Crippen molar-refractivity contribution in [2.45, 2.75) is 31.5 Å². The number of nitrogens with one attached hydrogen (secondary N) is 3. The summed E-state index contributed by atoms with van der Waals surface area (Å²) >= 11 is 0. The van der Waals surface area contributed by atoms with Crippen molar-refractivity contribution in [1.29, 1.82) is 0 Å². The van der Waals surface area contributed by atoms with Gasteiger partial charge in [0.15, 0.2) is 0 Å². The number of carbonyl (C=O) groups is 2. The quantitative estimate of drug-likeness (QED) is 0.681. The molecule has 3 N–H and O–H groups in total. The fraction of sp³-hybridized carbons (Fsp3) is 0.583. The number of imidazole rings is 1. The number of aromatic amines is 1. The maximum atomic E-state index is 12.0. The van der Waals surface area contributed by atoms with Crippen LogP contribution in [0.1, 0.15) is 23.8 Å². The van der Waals surface area contributed by atoms with Gasteiger partial charge in [0.05, 0.1) is 30.7 Å². The van der Waals surface area contributed by atoms with Crippen molar-refractivity contribution in [2.75, 3.05) is 6.61 Å². The van der Waals surface area contributed by atoms with E-state index in [0.29, 0.717) is 12.3 Å². The Morgan fingerprint density at radius 3 is 2.95 bits per heavy atom. The molecule has 0 aromatic carbocycles. The number of H-pyrrole nitrogens is 1. The zero-order valence-electron chi connectivity index (χ0n) is 10.6. The summed E-state index contributed by atoms with van der Waals surface area (Å²) in [5.41, 5.74) is 0.420. The van der Waals surface area contributed by atoms with E-state index in [2.05, 4.69) is 20.6 Å². The summed E-state index contributed by atoms with van der Waals surface area (Å²) in [5, 5.41) is 5.79. The minimum absolute atomic E-state index is 0.0240. The fourth-order valence-corrected chi connectivity index (χ4v) is 2.92. The smallest absolute Gasteiger partial charge is 0.269 e. The molecule has 19 heavy (non-hydrogen) atoms. The Hall–Kier alpha value is -1.89. The third-order valence-electron chi connectivity index (χ3n) is 3.80. The monoisotopic (exact) mass is 264 g/mol. The summed E-state index contributed by atoms with van der Waals surface area (Å²) in [6.45, 7) is 2.15. The molecule has 7 nitrogen and oxygen atoms in total. The molecular formula is C12H16N4O3. The van der Waals surface area contributed by atoms with Gasteiger partial charge in [0.25, 0.3) is 5.91 Å². The number of hydrogen-bond donors (Lipinski definition) is 3. The minimum atomic E-state index is -0.205. The van der Waals surface area contributed by atoms with Gasteiger partial charge in [-0.05, 0) is 6.42 Å². The molecule has 0 unspecified atom stereocenters. The first-order valence-electron chi connectivity index (χ1n) is 6.35. The van der Waals surface area contributed by atoms with Crippen molar-refractivity contribution in [2.24, 2.45) is 5.92 Å². The molecule has 0 radical (unpaired) electrons. The molecule has 4 atom stereocenters. The summed E-state index contributed by atoms with van der Waals surface area (Å²) in [6.07, 6.45) is 3.87. The van der Waals surface area contributed by atoms with Crippen LogP contribution in [0.2, 0.25) is 0 Å². The number of hydrogen-bond acceptors (Lipinski definition) is 4. The van der Waals surface area contributed by atoms with Crippen molar-refractivity contribution in [3.63, 3.8) is 0 Å². The molecule has 1 saturated heterocycles. The van der Waals surface area contributed by atoms with Gasteiger partial charge in [-0.1, -0.05) is 0 Å². The van der Waals surface area contributed by atoms with E-state index < -0.39 is 0 Å². The molecule has 2 heterocycles. The molecule has 7 heteroatoms. The predicted octanol–water partition coefficient (Wildman–Crippen LogP) is -0.568. The Morgan fingerprint density at radius 1 is 1.42 bits per heavy atom. The van der Waals surface area contributed by atoms with E-state index in [4.69, 9.17) is 4.74 Å². The van der Waals surface area contributed by atoms with Crippen LogP contribution in [0.25, 0.3) is 0 Å². The molecule has 1 aromatic rings. The van der Waals surface area contributed by atoms with Gasteiger partial charge in [0, 0.05) is 19.4 Å². The second-order valence-corrected chi connectivity index (χ2v) is 4.98. The van der Waals surface area contributed by atoms with Gasteiger partial charge in [-0.15, -0.1) is 0 Å². The number of aromatic nitrogens is 2. The van der Waals surface area contributed by atoms with Crippen LogP contribution in [0.4, 0.5) is 0 Å². The lowest BCUT2D eigenvalue weighted by Gasteiger charge is -2.47. The van der Waals surface area contributed by atoms with Gasteiger partial charge in [0.1, 0.15) is 5.69 Å². The van der Waals surface area contributed by atoms with Crippen LogP contribution in [0.15, 0.2) is 12.5 Å². The van der Waals surface area contributed by atoms with Crippen LogP contribution in [0, 0.1) is 5.92 Å². The number of fused-ring (bicyclic) bond motifs is 1. The second kappa shape index (κ2) is 4.65. The van der Waals surface area contributed by atoms with Crippen molar-refractivity contribution >= 4 is 11.8 Å². The molecular weight excluding hydrogens is 248 g/mol. The van der Waals surface area contributed by atoms with Gasteiger partial charge >= 0.3 is 0 Å². The molecule has 102 valence electrons. The molecule has 1 aromatic heterocycles. The molecule has 1 saturated carbocycles. The summed E-state index contributed by atoms with van der Waals surface area (Å²) in [6, 6.07) is -0.218. The highest BCUT2D eigenvalue weighted by Crippen LogP contribution is 2.39. The van der Waals surface area contributed by atoms with Crippen LogP contribution in [0.5, 0.6) is 0 Å². The van der Waals surface area contributed by atoms with Crippen molar-refractivity contribution in [1.82, 2.24) is 20.6 Å². The predicted molar refractivity (Wildman–Crippen MR) is 65.3 cm³/mol. The molecule has 2 aliphatic rings. The van der Waals surface area contributed by atoms with Crippen LogP contribution in [-0.4, -0.2) is 46.6 Å². The maximum absolute atomic E-state index is 12.0. The fourth-order valence-electron chi connectivity index (χ4n) is 2.92. The highest BCUT2D eigenvalue weighted by molar-refractivity contribution is 5.92. The van der Waals surface area contributed by atoms with Gasteiger partial charge < -0.3 is 20.4 Å². The lowest BCUT2D eigenvalue weighted by atomic mass is 9.71. The Bertz CT molecular complexity index is 487. The van der Waals surface area contributed by atoms with Crippen LogP contribution < -0.4 is 10.6 Å². The number of ether oxygens (including phenoxy) is 1. The molecule has 3 rings (SSSR count). The zero-order valence-corrected chi connectivity index (χ0v) is 10.6. The first kappa shape index (κ1) is 12.2. The second-order valence-electron chi connectivity index (χ2n) is 4.98. The zero-order chi connectivity index (χ0) is 13.4. The number of amides is 2. The minimum Gasteiger partial charge on any atom is -0.376 e. The lowest BCUT2D eigenvalue weighted by Crippen LogP contribution is -2.70. The summed E-state index contributed by atoms with van der Waals surface area (Å²) in [7, 11) is 0. The summed E-state index contributed by atoms with van der Waals surface area (Å²) in [5.74, 6) is -0.0355. The molecule has 0 spiro atoms. The largest absolute Gasteiger partial charge is 0.376 e. The van der Waals surface area contributed by atoms with Crippen molar-refractivity contribution in [3.05, 3.63) is 18.2 Å². The lowest BCUT2D eigenvalue weighted by molar-refractivity contribution is -0.123. The number of nitrogens with zero attached hydrogens (tertiary/aromatic N) is 1. The van der Waals surface area contributed by atoms with Crippen LogP contribution >= 0.6 is 0 Å². The maximum Gasteiger partial charge on any atom is 0.269 e. The topological polar surface area (TPSA) is 96.1 Å². The van der Waals surface area contributed by atoms with Crippen LogP contribution in [-0.2, 0) is 9.53 Å². The molecule has 2 fully saturated rings. The van der Waals surface area contributed by atoms with Crippen molar-refractivity contribution in [3.8, 4) is 0 Å². The first-order chi connectivity index (χ1) is 9.16. The third kappa shape index (κ3) is 2.10. The van der Waals surface area contributed by atoms with Gasteiger partial charge in [-0.3, -0.25) is 9.59 Å². The molecule has 1 aliphatic carbocycles. The highest BCUT2D eigenvalue weighted by Gasteiger charge is 2.54. The highest BCUT2D eigenvalue weighted by atomic mass is 16.5. The summed E-state index contributed by atoms with van der Waals surface area (Å²) in [4.78, 5) is 29.8. The van der Waals surface area contributed by atoms with E-state index in [1.165, 1.54) is 19.4 Å². The SMILES string of the molecule is CC(=O)N[C@@H]1[C@@H](NC(=O)c2cnc[nH]2)[C@H]2CCO[C@H]21. The molecule has 1 aliphatic heterocycles.